The van der Waals surface area contributed by atoms with Gasteiger partial charge < -0.3 is 16.0 Å². The van der Waals surface area contributed by atoms with E-state index in [0.29, 0.717) is 0 Å². The maximum absolute atomic E-state index is 13.1. The first-order valence-corrected chi connectivity index (χ1v) is 11.8. The normalized spacial score (nSPS) is 10.3. The summed E-state index contributed by atoms with van der Waals surface area (Å²) in [4.78, 5) is 70.1. The maximum Gasteiger partial charge on any atom is 0.269 e. The number of amides is 3. The Morgan fingerprint density at radius 2 is 0.643 bits per heavy atom. The van der Waals surface area contributed by atoms with Gasteiger partial charge in [-0.05, 0) is 54.6 Å². The van der Waals surface area contributed by atoms with Crippen LogP contribution < -0.4 is 16.0 Å². The van der Waals surface area contributed by atoms with E-state index in [0.717, 1.165) is 0 Å². The SMILES string of the molecule is O=C(Nc1ccc([N+](=O)[O-])cc1)c1cc(C(=O)Nc2ccc([N+](=O)[O-])cc2)cc(C(=O)Nc2ccc([N+](=O)[O-])cc2)c1. The van der Waals surface area contributed by atoms with Crippen molar-refractivity contribution in [3.05, 3.63) is 138 Å². The highest BCUT2D eigenvalue weighted by Gasteiger charge is 2.18. The molecule has 0 bridgehead atoms. The third-order valence-electron chi connectivity index (χ3n) is 5.73. The second-order valence-corrected chi connectivity index (χ2v) is 8.57. The van der Waals surface area contributed by atoms with Gasteiger partial charge in [0, 0.05) is 70.2 Å². The lowest BCUT2D eigenvalue weighted by molar-refractivity contribution is -0.385. The van der Waals surface area contributed by atoms with E-state index in [-0.39, 0.29) is 50.8 Å². The van der Waals surface area contributed by atoms with Gasteiger partial charge in [-0.25, -0.2) is 0 Å². The van der Waals surface area contributed by atoms with Crippen LogP contribution in [-0.4, -0.2) is 32.5 Å². The second kappa shape index (κ2) is 12.1. The number of nitrogens with zero attached hydrogens (tertiary/aromatic N) is 3. The predicted molar refractivity (Wildman–Crippen MR) is 150 cm³/mol. The van der Waals surface area contributed by atoms with Crippen molar-refractivity contribution in [3.63, 3.8) is 0 Å². The average molecular weight is 570 g/mol. The zero-order valence-corrected chi connectivity index (χ0v) is 21.2. The third kappa shape index (κ3) is 6.92. The summed E-state index contributed by atoms with van der Waals surface area (Å²) in [5, 5.41) is 40.3. The molecule has 4 aromatic carbocycles. The summed E-state index contributed by atoms with van der Waals surface area (Å²) < 4.78 is 0. The third-order valence-corrected chi connectivity index (χ3v) is 5.73. The summed E-state index contributed by atoms with van der Waals surface area (Å²) in [6, 6.07) is 18.6. The Morgan fingerprint density at radius 1 is 0.429 bits per heavy atom. The molecule has 42 heavy (non-hydrogen) atoms. The molecule has 0 spiro atoms. The topological polar surface area (TPSA) is 217 Å². The highest BCUT2D eigenvalue weighted by Crippen LogP contribution is 2.21. The smallest absolute Gasteiger partial charge is 0.269 e. The molecule has 0 heterocycles. The fourth-order valence-corrected chi connectivity index (χ4v) is 3.63. The maximum atomic E-state index is 13.1. The van der Waals surface area contributed by atoms with Crippen LogP contribution in [0, 0.1) is 30.3 Å². The minimum absolute atomic E-state index is 0.112. The van der Waals surface area contributed by atoms with Crippen LogP contribution in [0.5, 0.6) is 0 Å². The lowest BCUT2D eigenvalue weighted by atomic mass is 10.0. The van der Waals surface area contributed by atoms with Gasteiger partial charge in [0.1, 0.15) is 0 Å². The van der Waals surface area contributed by atoms with Crippen molar-refractivity contribution in [2.75, 3.05) is 16.0 Å². The van der Waals surface area contributed by atoms with Crippen molar-refractivity contribution >= 4 is 51.8 Å². The van der Waals surface area contributed by atoms with E-state index in [4.69, 9.17) is 0 Å². The molecule has 0 aliphatic carbocycles. The van der Waals surface area contributed by atoms with Gasteiger partial charge >= 0.3 is 0 Å². The average Bonchev–Trinajstić information content (AvgIpc) is 2.97. The Bertz CT molecular complexity index is 1510. The molecule has 0 fully saturated rings. The molecule has 0 aromatic heterocycles. The van der Waals surface area contributed by atoms with Crippen molar-refractivity contribution in [3.8, 4) is 0 Å². The molecule has 0 atom stereocenters. The number of nitrogens with one attached hydrogen (secondary N) is 3. The Kier molecular flexibility index (Phi) is 8.22. The number of hydrogen-bond donors (Lipinski definition) is 3. The first-order valence-electron chi connectivity index (χ1n) is 11.8. The molecule has 0 radical (unpaired) electrons. The molecule has 15 nitrogen and oxygen atoms in total. The molecular formula is C27H18N6O9. The van der Waals surface area contributed by atoms with Gasteiger partial charge in [0.05, 0.1) is 14.8 Å². The number of non-ortho nitro benzene ring substituents is 3. The van der Waals surface area contributed by atoms with Gasteiger partial charge in [-0.15, -0.1) is 0 Å². The number of anilines is 3. The Labute approximate surface area is 235 Å². The van der Waals surface area contributed by atoms with E-state index in [2.05, 4.69) is 16.0 Å². The zero-order valence-electron chi connectivity index (χ0n) is 21.2. The lowest BCUT2D eigenvalue weighted by Crippen LogP contribution is -2.19. The number of hydrogen-bond acceptors (Lipinski definition) is 9. The standard InChI is InChI=1S/C27H18N6O9/c34-25(28-19-1-7-22(8-2-19)31(37)38)16-13-17(26(35)29-20-3-9-23(10-4-20)32(39)40)15-18(14-16)27(36)30-21-5-11-24(12-6-21)33(41)42/h1-15H,(H,28,34)(H,29,35)(H,30,36). The van der Waals surface area contributed by atoms with Crippen molar-refractivity contribution in [2.24, 2.45) is 0 Å². The fourth-order valence-electron chi connectivity index (χ4n) is 3.63. The molecule has 4 aromatic rings. The Morgan fingerprint density at radius 3 is 0.833 bits per heavy atom. The number of carbonyl (C=O) groups excluding carboxylic acids is 3. The van der Waals surface area contributed by atoms with E-state index < -0.39 is 32.5 Å². The molecule has 0 saturated heterocycles. The van der Waals surface area contributed by atoms with Crippen molar-refractivity contribution < 1.29 is 29.2 Å². The summed E-state index contributed by atoms with van der Waals surface area (Å²) >= 11 is 0. The molecule has 0 aliphatic heterocycles. The van der Waals surface area contributed by atoms with E-state index in [1.165, 1.54) is 91.0 Å². The van der Waals surface area contributed by atoms with Gasteiger partial charge in [0.25, 0.3) is 34.8 Å². The van der Waals surface area contributed by atoms with Gasteiger partial charge in [0.2, 0.25) is 0 Å². The van der Waals surface area contributed by atoms with Gasteiger partial charge in [-0.3, -0.25) is 44.7 Å². The summed E-state index contributed by atoms with van der Waals surface area (Å²) in [5.41, 5.74) is -0.278. The summed E-state index contributed by atoms with van der Waals surface area (Å²) in [6.45, 7) is 0. The van der Waals surface area contributed by atoms with Crippen molar-refractivity contribution in [1.82, 2.24) is 0 Å². The highest BCUT2D eigenvalue weighted by atomic mass is 16.6. The van der Waals surface area contributed by atoms with Gasteiger partial charge in [-0.1, -0.05) is 0 Å². The van der Waals surface area contributed by atoms with Crippen LogP contribution in [0.3, 0.4) is 0 Å². The first-order chi connectivity index (χ1) is 20.0. The van der Waals surface area contributed by atoms with Crippen LogP contribution in [0.15, 0.2) is 91.0 Å². The van der Waals surface area contributed by atoms with Crippen LogP contribution in [0.1, 0.15) is 31.1 Å². The summed E-state index contributed by atoms with van der Waals surface area (Å²) in [5.74, 6) is -2.21. The largest absolute Gasteiger partial charge is 0.322 e. The molecule has 0 saturated carbocycles. The van der Waals surface area contributed by atoms with Crippen LogP contribution in [-0.2, 0) is 0 Å². The molecular weight excluding hydrogens is 552 g/mol. The van der Waals surface area contributed by atoms with Crippen molar-refractivity contribution in [1.29, 1.82) is 0 Å². The quantitative estimate of drug-likeness (QED) is 0.178. The van der Waals surface area contributed by atoms with Crippen LogP contribution in [0.4, 0.5) is 34.1 Å². The predicted octanol–water partition coefficient (Wildman–Crippen LogP) is 5.17. The number of rotatable bonds is 9. The number of nitro benzene ring substituents is 3. The molecule has 3 N–H and O–H groups in total. The molecule has 4 rings (SSSR count). The minimum Gasteiger partial charge on any atom is -0.322 e. The molecule has 0 unspecified atom stereocenters. The van der Waals surface area contributed by atoms with Gasteiger partial charge in [0.15, 0.2) is 0 Å². The molecule has 0 aliphatic rings. The van der Waals surface area contributed by atoms with E-state index >= 15 is 0 Å². The molecule has 3 amide bonds. The summed E-state index contributed by atoms with van der Waals surface area (Å²) in [6.07, 6.45) is 0. The number of benzene rings is 4. The lowest BCUT2D eigenvalue weighted by Gasteiger charge is -2.12. The monoisotopic (exact) mass is 570 g/mol. The van der Waals surface area contributed by atoms with Crippen LogP contribution >= 0.6 is 0 Å². The number of nitro groups is 3. The van der Waals surface area contributed by atoms with Crippen LogP contribution in [0.25, 0.3) is 0 Å². The molecule has 15 heteroatoms. The van der Waals surface area contributed by atoms with Crippen LogP contribution in [0.2, 0.25) is 0 Å². The van der Waals surface area contributed by atoms with E-state index in [9.17, 15) is 44.7 Å². The number of carbonyl (C=O) groups is 3. The second-order valence-electron chi connectivity index (χ2n) is 8.57. The van der Waals surface area contributed by atoms with E-state index in [1.807, 2.05) is 0 Å². The Hall–Kier alpha value is -6.51. The summed E-state index contributed by atoms with van der Waals surface area (Å²) in [7, 11) is 0. The fraction of sp³-hybridized carbons (Fsp3) is 0. The first kappa shape index (κ1) is 28.5. The highest BCUT2D eigenvalue weighted by molar-refractivity contribution is 6.13. The minimum atomic E-state index is -0.738. The van der Waals surface area contributed by atoms with E-state index in [1.54, 1.807) is 0 Å². The zero-order chi connectivity index (χ0) is 30.4. The Balaban J connectivity index is 1.63. The van der Waals surface area contributed by atoms with Crippen molar-refractivity contribution in [2.45, 2.75) is 0 Å². The molecule has 210 valence electrons. The van der Waals surface area contributed by atoms with Gasteiger partial charge in [-0.2, -0.15) is 0 Å².